The minimum absolute atomic E-state index is 0.0181. The van der Waals surface area contributed by atoms with E-state index in [0.717, 1.165) is 17.7 Å². The summed E-state index contributed by atoms with van der Waals surface area (Å²) in [6, 6.07) is 6.29. The molecule has 1 aromatic rings. The fraction of sp³-hybridized carbons (Fsp3) is 0.462. The Hall–Kier alpha value is -1.55. The summed E-state index contributed by atoms with van der Waals surface area (Å²) in [5, 5.41) is 2.95. The molecule has 0 aromatic heterocycles. The van der Waals surface area contributed by atoms with E-state index in [0.29, 0.717) is 13.1 Å². The maximum Gasteiger partial charge on any atom is 0.322 e. The maximum absolute atomic E-state index is 11.9. The minimum atomic E-state index is -0.0181. The summed E-state index contributed by atoms with van der Waals surface area (Å²) in [6.45, 7) is 5.40. The molecule has 1 unspecified atom stereocenters. The zero-order chi connectivity index (χ0) is 12.4. The van der Waals surface area contributed by atoms with E-state index in [9.17, 15) is 4.79 Å². The van der Waals surface area contributed by atoms with Gasteiger partial charge in [-0.2, -0.15) is 0 Å². The van der Waals surface area contributed by atoms with Crippen molar-refractivity contribution in [2.24, 2.45) is 5.73 Å². The van der Waals surface area contributed by atoms with Crippen LogP contribution in [0.5, 0.6) is 0 Å². The molecule has 1 aromatic carbocycles. The standard InChI is InChI=1S/C13H19N3O/c1-9-3-4-12(10(2)7-9)16-8-11(5-6-14)15-13(16)17/h3-4,7,11H,5-6,8,14H2,1-2H3,(H,15,17). The molecular weight excluding hydrogens is 214 g/mol. The van der Waals surface area contributed by atoms with E-state index < -0.39 is 0 Å². The molecule has 0 radical (unpaired) electrons. The number of nitrogens with one attached hydrogen (secondary N) is 1. The number of rotatable bonds is 3. The van der Waals surface area contributed by atoms with Gasteiger partial charge in [0.15, 0.2) is 0 Å². The molecule has 4 nitrogen and oxygen atoms in total. The Labute approximate surface area is 102 Å². The van der Waals surface area contributed by atoms with Crippen molar-refractivity contribution in [1.29, 1.82) is 0 Å². The van der Waals surface area contributed by atoms with E-state index in [1.54, 1.807) is 4.90 Å². The summed E-state index contributed by atoms with van der Waals surface area (Å²) in [4.78, 5) is 13.7. The van der Waals surface area contributed by atoms with E-state index >= 15 is 0 Å². The Kier molecular flexibility index (Phi) is 3.33. The summed E-state index contributed by atoms with van der Waals surface area (Å²) in [5.74, 6) is 0. The number of hydrogen-bond acceptors (Lipinski definition) is 2. The number of carbonyl (C=O) groups is 1. The van der Waals surface area contributed by atoms with Crippen LogP contribution < -0.4 is 16.0 Å². The van der Waals surface area contributed by atoms with Gasteiger partial charge in [-0.05, 0) is 38.4 Å². The predicted octanol–water partition coefficient (Wildman–Crippen LogP) is 1.55. The Morgan fingerprint density at radius 3 is 2.88 bits per heavy atom. The molecule has 1 heterocycles. The highest BCUT2D eigenvalue weighted by Gasteiger charge is 2.29. The molecular formula is C13H19N3O. The number of carbonyl (C=O) groups excluding carboxylic acids is 1. The molecule has 2 rings (SSSR count). The quantitative estimate of drug-likeness (QED) is 0.832. The highest BCUT2D eigenvalue weighted by atomic mass is 16.2. The second kappa shape index (κ2) is 4.75. The van der Waals surface area contributed by atoms with Crippen LogP contribution in [0, 0.1) is 13.8 Å². The molecule has 92 valence electrons. The fourth-order valence-corrected chi connectivity index (χ4v) is 2.28. The van der Waals surface area contributed by atoms with Crippen molar-refractivity contribution < 1.29 is 4.79 Å². The van der Waals surface area contributed by atoms with Crippen molar-refractivity contribution in [1.82, 2.24) is 5.32 Å². The first-order valence-corrected chi connectivity index (χ1v) is 5.97. The van der Waals surface area contributed by atoms with E-state index in [4.69, 9.17) is 5.73 Å². The molecule has 3 N–H and O–H groups in total. The molecule has 1 atom stereocenters. The van der Waals surface area contributed by atoms with Crippen LogP contribution in [0.25, 0.3) is 0 Å². The molecule has 1 aliphatic heterocycles. The van der Waals surface area contributed by atoms with Gasteiger partial charge in [0.25, 0.3) is 0 Å². The van der Waals surface area contributed by atoms with Gasteiger partial charge >= 0.3 is 6.03 Å². The van der Waals surface area contributed by atoms with Crippen LogP contribution in [-0.2, 0) is 0 Å². The van der Waals surface area contributed by atoms with Crippen molar-refractivity contribution in [3.8, 4) is 0 Å². The van der Waals surface area contributed by atoms with Gasteiger partial charge in [-0.3, -0.25) is 4.90 Å². The second-order valence-electron chi connectivity index (χ2n) is 4.62. The van der Waals surface area contributed by atoms with Crippen molar-refractivity contribution >= 4 is 11.7 Å². The average molecular weight is 233 g/mol. The van der Waals surface area contributed by atoms with Gasteiger partial charge in [0.05, 0.1) is 0 Å². The third-order valence-corrected chi connectivity index (χ3v) is 3.13. The van der Waals surface area contributed by atoms with Crippen LogP contribution in [0.1, 0.15) is 17.5 Å². The molecule has 0 saturated carbocycles. The van der Waals surface area contributed by atoms with Crippen LogP contribution in [0.15, 0.2) is 18.2 Å². The van der Waals surface area contributed by atoms with Gasteiger partial charge in [0, 0.05) is 18.3 Å². The van der Waals surface area contributed by atoms with Gasteiger partial charge in [-0.25, -0.2) is 4.79 Å². The number of nitrogens with zero attached hydrogens (tertiary/aromatic N) is 1. The second-order valence-corrected chi connectivity index (χ2v) is 4.62. The largest absolute Gasteiger partial charge is 0.333 e. The number of urea groups is 1. The molecule has 4 heteroatoms. The van der Waals surface area contributed by atoms with Crippen LogP contribution in [0.4, 0.5) is 10.5 Å². The smallest absolute Gasteiger partial charge is 0.322 e. The number of nitrogens with two attached hydrogens (primary N) is 1. The lowest BCUT2D eigenvalue weighted by Gasteiger charge is -2.17. The summed E-state index contributed by atoms with van der Waals surface area (Å²) in [6.07, 6.45) is 0.827. The lowest BCUT2D eigenvalue weighted by atomic mass is 10.1. The monoisotopic (exact) mass is 233 g/mol. The van der Waals surface area contributed by atoms with Crippen LogP contribution in [0.2, 0.25) is 0 Å². The summed E-state index contributed by atoms with van der Waals surface area (Å²) < 4.78 is 0. The van der Waals surface area contributed by atoms with Gasteiger partial charge in [0.1, 0.15) is 0 Å². The third kappa shape index (κ3) is 2.42. The van der Waals surface area contributed by atoms with Crippen molar-refractivity contribution in [2.45, 2.75) is 26.3 Å². The molecule has 0 aliphatic carbocycles. The van der Waals surface area contributed by atoms with Crippen molar-refractivity contribution in [2.75, 3.05) is 18.0 Å². The Bertz CT molecular complexity index is 431. The van der Waals surface area contributed by atoms with Crippen LogP contribution >= 0.6 is 0 Å². The number of hydrogen-bond donors (Lipinski definition) is 2. The Morgan fingerprint density at radius 1 is 1.47 bits per heavy atom. The van der Waals surface area contributed by atoms with Crippen LogP contribution in [0.3, 0.4) is 0 Å². The Morgan fingerprint density at radius 2 is 2.24 bits per heavy atom. The molecule has 1 fully saturated rings. The van der Waals surface area contributed by atoms with Gasteiger partial charge in [-0.1, -0.05) is 17.7 Å². The average Bonchev–Trinajstić information content (AvgIpc) is 2.60. The Balaban J connectivity index is 2.20. The molecule has 0 bridgehead atoms. The van der Waals surface area contributed by atoms with Gasteiger partial charge in [-0.15, -0.1) is 0 Å². The molecule has 1 saturated heterocycles. The number of amides is 2. The SMILES string of the molecule is Cc1ccc(N2CC(CCN)NC2=O)c(C)c1. The maximum atomic E-state index is 11.9. The first-order chi connectivity index (χ1) is 8.11. The summed E-state index contributed by atoms with van der Waals surface area (Å²) in [5.41, 5.74) is 8.86. The van der Waals surface area contributed by atoms with E-state index in [-0.39, 0.29) is 12.1 Å². The van der Waals surface area contributed by atoms with E-state index in [1.165, 1.54) is 5.56 Å². The van der Waals surface area contributed by atoms with Crippen molar-refractivity contribution in [3.05, 3.63) is 29.3 Å². The zero-order valence-corrected chi connectivity index (χ0v) is 10.4. The topological polar surface area (TPSA) is 58.4 Å². The normalized spacial score (nSPS) is 19.6. The van der Waals surface area contributed by atoms with E-state index in [2.05, 4.69) is 18.3 Å². The highest BCUT2D eigenvalue weighted by Crippen LogP contribution is 2.24. The molecule has 17 heavy (non-hydrogen) atoms. The van der Waals surface area contributed by atoms with Crippen LogP contribution in [-0.4, -0.2) is 25.2 Å². The first kappa shape index (κ1) is 11.9. The number of benzene rings is 1. The third-order valence-electron chi connectivity index (χ3n) is 3.13. The number of aryl methyl sites for hydroxylation is 2. The zero-order valence-electron chi connectivity index (χ0n) is 10.4. The molecule has 0 spiro atoms. The predicted molar refractivity (Wildman–Crippen MR) is 69.3 cm³/mol. The fourth-order valence-electron chi connectivity index (χ4n) is 2.28. The first-order valence-electron chi connectivity index (χ1n) is 5.97. The summed E-state index contributed by atoms with van der Waals surface area (Å²) >= 11 is 0. The molecule has 1 aliphatic rings. The summed E-state index contributed by atoms with van der Waals surface area (Å²) in [7, 11) is 0. The van der Waals surface area contributed by atoms with Gasteiger partial charge in [0.2, 0.25) is 0 Å². The van der Waals surface area contributed by atoms with Gasteiger partial charge < -0.3 is 11.1 Å². The minimum Gasteiger partial charge on any atom is -0.333 e. The lowest BCUT2D eigenvalue weighted by Crippen LogP contribution is -2.29. The lowest BCUT2D eigenvalue weighted by molar-refractivity contribution is 0.250. The molecule has 2 amide bonds. The highest BCUT2D eigenvalue weighted by molar-refractivity contribution is 5.95. The van der Waals surface area contributed by atoms with E-state index in [1.807, 2.05) is 19.1 Å². The number of anilines is 1. The van der Waals surface area contributed by atoms with Crippen molar-refractivity contribution in [3.63, 3.8) is 0 Å².